The Bertz CT molecular complexity index is 1090. The van der Waals surface area contributed by atoms with Crippen LogP contribution in [0.5, 0.6) is 11.5 Å². The van der Waals surface area contributed by atoms with Gasteiger partial charge in [-0.15, -0.1) is 0 Å². The van der Waals surface area contributed by atoms with Gasteiger partial charge in [0.2, 0.25) is 0 Å². The number of ether oxygens (including phenoxy) is 3. The van der Waals surface area contributed by atoms with Gasteiger partial charge in [0.05, 0.1) is 24.4 Å². The molecule has 2 aromatic rings. The van der Waals surface area contributed by atoms with Crippen LogP contribution >= 0.6 is 27.5 Å². The van der Waals surface area contributed by atoms with Gasteiger partial charge in [0.1, 0.15) is 6.04 Å². The third-order valence-electron chi connectivity index (χ3n) is 4.60. The number of hydrazone groups is 1. The van der Waals surface area contributed by atoms with Gasteiger partial charge in [-0.05, 0) is 64.7 Å². The van der Waals surface area contributed by atoms with Crippen molar-refractivity contribution in [2.75, 3.05) is 20.3 Å². The fourth-order valence-electron chi connectivity index (χ4n) is 2.92. The van der Waals surface area contributed by atoms with Crippen LogP contribution in [0.1, 0.15) is 36.7 Å². The van der Waals surface area contributed by atoms with E-state index in [2.05, 4.69) is 31.8 Å². The van der Waals surface area contributed by atoms with E-state index in [1.807, 2.05) is 13.8 Å². The number of esters is 1. The zero-order chi connectivity index (χ0) is 26.0. The molecule has 188 valence electrons. The van der Waals surface area contributed by atoms with Crippen LogP contribution in [0.3, 0.4) is 0 Å². The molecule has 9 nitrogen and oxygen atoms in total. The molecule has 1 unspecified atom stereocenters. The molecule has 11 heteroatoms. The highest BCUT2D eigenvalue weighted by Gasteiger charge is 2.24. The smallest absolute Gasteiger partial charge is 0.344 e. The molecule has 2 rings (SSSR count). The Hall–Kier alpha value is -3.11. The van der Waals surface area contributed by atoms with E-state index in [0.717, 1.165) is 0 Å². The van der Waals surface area contributed by atoms with Gasteiger partial charge in [-0.1, -0.05) is 31.5 Å². The van der Waals surface area contributed by atoms with Crippen LogP contribution < -0.4 is 20.2 Å². The van der Waals surface area contributed by atoms with Crippen LogP contribution in [0.4, 0.5) is 0 Å². The van der Waals surface area contributed by atoms with Gasteiger partial charge in [0, 0.05) is 10.6 Å². The number of nitrogens with zero attached hydrogens (tertiary/aromatic N) is 1. The third-order valence-corrected chi connectivity index (χ3v) is 5.43. The van der Waals surface area contributed by atoms with E-state index in [1.165, 1.54) is 19.4 Å². The molecule has 0 bridgehead atoms. The van der Waals surface area contributed by atoms with E-state index in [9.17, 15) is 14.4 Å². The first kappa shape index (κ1) is 28.1. The van der Waals surface area contributed by atoms with Gasteiger partial charge in [-0.3, -0.25) is 9.59 Å². The Balaban J connectivity index is 2.07. The summed E-state index contributed by atoms with van der Waals surface area (Å²) in [5.74, 6) is -0.921. The van der Waals surface area contributed by atoms with Crippen molar-refractivity contribution in [3.8, 4) is 11.5 Å². The van der Waals surface area contributed by atoms with Gasteiger partial charge in [-0.25, -0.2) is 10.2 Å². The van der Waals surface area contributed by atoms with Crippen molar-refractivity contribution >= 4 is 51.5 Å². The van der Waals surface area contributed by atoms with E-state index >= 15 is 0 Å². The number of nitrogens with one attached hydrogen (secondary N) is 2. The van der Waals surface area contributed by atoms with Crippen LogP contribution in [0.25, 0.3) is 0 Å². The Morgan fingerprint density at radius 2 is 1.94 bits per heavy atom. The number of methoxy groups -OCH3 is 1. The van der Waals surface area contributed by atoms with Gasteiger partial charge in [0.25, 0.3) is 11.8 Å². The van der Waals surface area contributed by atoms with E-state index in [0.29, 0.717) is 32.1 Å². The SMILES string of the molecule is CCOC(=O)COc1c(Br)cc(C=NNC(=O)C(NC(=O)c2cccc(Cl)c2)C(C)C)cc1OC. The van der Waals surface area contributed by atoms with Crippen LogP contribution in [0, 0.1) is 5.92 Å². The first-order valence-corrected chi connectivity index (χ1v) is 11.9. The lowest BCUT2D eigenvalue weighted by atomic mass is 10.0. The van der Waals surface area contributed by atoms with Crippen LogP contribution in [-0.2, 0) is 14.3 Å². The van der Waals surface area contributed by atoms with Crippen molar-refractivity contribution in [3.05, 3.63) is 57.0 Å². The van der Waals surface area contributed by atoms with Gasteiger partial charge in [0.15, 0.2) is 18.1 Å². The molecule has 0 saturated carbocycles. The summed E-state index contributed by atoms with van der Waals surface area (Å²) in [5.41, 5.74) is 3.38. The van der Waals surface area contributed by atoms with Crippen LogP contribution in [0.2, 0.25) is 5.02 Å². The molecule has 0 spiro atoms. The summed E-state index contributed by atoms with van der Waals surface area (Å²) in [6.07, 6.45) is 1.41. The summed E-state index contributed by atoms with van der Waals surface area (Å²) in [4.78, 5) is 36.8. The maximum absolute atomic E-state index is 12.7. The zero-order valence-electron chi connectivity index (χ0n) is 19.8. The number of hydrogen-bond donors (Lipinski definition) is 2. The quantitative estimate of drug-likeness (QED) is 0.241. The van der Waals surface area contributed by atoms with E-state index in [1.54, 1.807) is 37.3 Å². The number of carbonyl (C=O) groups is 3. The molecule has 0 saturated heterocycles. The molecule has 0 aliphatic carbocycles. The molecular weight excluding hydrogens is 542 g/mol. The Labute approximate surface area is 217 Å². The van der Waals surface area contributed by atoms with E-state index in [-0.39, 0.29) is 19.1 Å². The minimum atomic E-state index is -0.821. The summed E-state index contributed by atoms with van der Waals surface area (Å²) >= 11 is 9.33. The predicted molar refractivity (Wildman–Crippen MR) is 136 cm³/mol. The first-order valence-electron chi connectivity index (χ1n) is 10.7. The van der Waals surface area contributed by atoms with Gasteiger partial charge >= 0.3 is 5.97 Å². The molecule has 0 fully saturated rings. The standard InChI is InChI=1S/C24H27BrClN3O6/c1-5-34-20(30)13-35-22-18(25)9-15(10-19(22)33-4)12-27-29-24(32)21(14(2)3)28-23(31)16-7-6-8-17(26)11-16/h6-12,14,21H,5,13H2,1-4H3,(H,28,31)(H,29,32). The van der Waals surface area contributed by atoms with Crippen molar-refractivity contribution < 1.29 is 28.6 Å². The normalized spacial score (nSPS) is 11.7. The van der Waals surface area contributed by atoms with E-state index in [4.69, 9.17) is 25.8 Å². The summed E-state index contributed by atoms with van der Waals surface area (Å²) in [6.45, 7) is 5.30. The lowest BCUT2D eigenvalue weighted by Crippen LogP contribution is -2.48. The van der Waals surface area contributed by atoms with E-state index < -0.39 is 23.8 Å². The molecule has 0 aliphatic heterocycles. The largest absolute Gasteiger partial charge is 0.493 e. The van der Waals surface area contributed by atoms with Gasteiger partial charge in [-0.2, -0.15) is 5.10 Å². The molecule has 2 N–H and O–H groups in total. The van der Waals surface area contributed by atoms with Crippen LogP contribution in [-0.4, -0.2) is 50.4 Å². The van der Waals surface area contributed by atoms with Crippen molar-refractivity contribution in [2.24, 2.45) is 11.0 Å². The lowest BCUT2D eigenvalue weighted by Gasteiger charge is -2.20. The minimum Gasteiger partial charge on any atom is -0.493 e. The summed E-state index contributed by atoms with van der Waals surface area (Å²) in [5, 5.41) is 7.13. The molecule has 0 aliphatic rings. The monoisotopic (exact) mass is 567 g/mol. The fourth-order valence-corrected chi connectivity index (χ4v) is 3.68. The number of amides is 2. The van der Waals surface area contributed by atoms with Crippen LogP contribution in [0.15, 0.2) is 46.0 Å². The van der Waals surface area contributed by atoms with Crippen molar-refractivity contribution in [2.45, 2.75) is 26.8 Å². The Morgan fingerprint density at radius 3 is 2.57 bits per heavy atom. The lowest BCUT2D eigenvalue weighted by molar-refractivity contribution is -0.145. The zero-order valence-corrected chi connectivity index (χ0v) is 22.1. The molecular formula is C24H27BrClN3O6. The number of hydrogen-bond acceptors (Lipinski definition) is 7. The topological polar surface area (TPSA) is 115 Å². The molecule has 1 atom stereocenters. The first-order chi connectivity index (χ1) is 16.7. The maximum atomic E-state index is 12.7. The van der Waals surface area contributed by atoms with Crippen molar-refractivity contribution in [3.63, 3.8) is 0 Å². The molecule has 0 heterocycles. The molecule has 0 aromatic heterocycles. The summed E-state index contributed by atoms with van der Waals surface area (Å²) < 4.78 is 16.2. The maximum Gasteiger partial charge on any atom is 0.344 e. The second kappa shape index (κ2) is 13.7. The summed E-state index contributed by atoms with van der Waals surface area (Å²) in [6, 6.07) is 8.94. The average Bonchev–Trinajstić information content (AvgIpc) is 2.81. The Morgan fingerprint density at radius 1 is 1.20 bits per heavy atom. The summed E-state index contributed by atoms with van der Waals surface area (Å²) in [7, 11) is 1.46. The molecule has 2 amide bonds. The fraction of sp³-hybridized carbons (Fsp3) is 0.333. The minimum absolute atomic E-state index is 0.196. The predicted octanol–water partition coefficient (Wildman–Crippen LogP) is 3.96. The van der Waals surface area contributed by atoms with Crippen molar-refractivity contribution in [1.29, 1.82) is 0 Å². The Kier molecular flexibility index (Phi) is 11.0. The molecule has 2 aromatic carbocycles. The second-order valence-corrected chi connectivity index (χ2v) is 8.86. The van der Waals surface area contributed by atoms with Gasteiger partial charge < -0.3 is 19.5 Å². The molecule has 0 radical (unpaired) electrons. The average molecular weight is 569 g/mol. The number of benzene rings is 2. The highest BCUT2D eigenvalue weighted by atomic mass is 79.9. The number of halogens is 2. The second-order valence-electron chi connectivity index (χ2n) is 7.57. The number of rotatable bonds is 11. The highest BCUT2D eigenvalue weighted by molar-refractivity contribution is 9.10. The molecule has 35 heavy (non-hydrogen) atoms. The third kappa shape index (κ3) is 8.56. The highest BCUT2D eigenvalue weighted by Crippen LogP contribution is 2.36. The van der Waals surface area contributed by atoms with Crippen molar-refractivity contribution in [1.82, 2.24) is 10.7 Å². The number of carbonyl (C=O) groups excluding carboxylic acids is 3.